The molecule has 3 heterocycles. The number of halogens is 3. The molecule has 0 unspecified atom stereocenters. The molecule has 0 bridgehead atoms. The number of alkyl halides is 3. The molecule has 2 aromatic heterocycles. The SMILES string of the molecule is COc1cc(-c2cc(CN3CCN(Cc4ccnc(-c5ccc(C(F)(F)F)cc5)c4)CC3)ccn2)cc(OC)c1OC. The van der Waals surface area contributed by atoms with Gasteiger partial charge in [0.15, 0.2) is 11.5 Å². The molecule has 42 heavy (non-hydrogen) atoms. The van der Waals surface area contributed by atoms with Crippen LogP contribution in [0.3, 0.4) is 0 Å². The molecule has 0 N–H and O–H groups in total. The Labute approximate surface area is 243 Å². The zero-order valence-corrected chi connectivity index (χ0v) is 23.8. The lowest BCUT2D eigenvalue weighted by molar-refractivity contribution is -0.137. The van der Waals surface area contributed by atoms with Crippen LogP contribution in [0.1, 0.15) is 16.7 Å². The normalized spacial score (nSPS) is 14.5. The highest BCUT2D eigenvalue weighted by atomic mass is 19.4. The Morgan fingerprint density at radius 1 is 0.643 bits per heavy atom. The van der Waals surface area contributed by atoms with Crippen LogP contribution in [-0.2, 0) is 19.3 Å². The second-order valence-corrected chi connectivity index (χ2v) is 10.1. The number of ether oxygens (including phenoxy) is 3. The van der Waals surface area contributed by atoms with Gasteiger partial charge in [-0.25, -0.2) is 0 Å². The van der Waals surface area contributed by atoms with Crippen LogP contribution in [0.4, 0.5) is 13.2 Å². The summed E-state index contributed by atoms with van der Waals surface area (Å²) in [7, 11) is 4.77. The molecule has 1 fully saturated rings. The third-order valence-corrected chi connectivity index (χ3v) is 7.39. The predicted molar refractivity (Wildman–Crippen MR) is 155 cm³/mol. The lowest BCUT2D eigenvalue weighted by atomic mass is 10.1. The first-order valence-corrected chi connectivity index (χ1v) is 13.6. The second-order valence-electron chi connectivity index (χ2n) is 10.1. The summed E-state index contributed by atoms with van der Waals surface area (Å²) in [4.78, 5) is 13.8. The van der Waals surface area contributed by atoms with Crippen LogP contribution < -0.4 is 14.2 Å². The number of methoxy groups -OCH3 is 3. The number of rotatable bonds is 9. The van der Waals surface area contributed by atoms with Gasteiger partial charge in [0.1, 0.15) is 0 Å². The molecule has 2 aromatic carbocycles. The monoisotopic (exact) mass is 578 g/mol. The summed E-state index contributed by atoms with van der Waals surface area (Å²) in [6, 6.07) is 17.0. The summed E-state index contributed by atoms with van der Waals surface area (Å²) in [6.45, 7) is 5.20. The van der Waals surface area contributed by atoms with Gasteiger partial charge in [-0.2, -0.15) is 13.2 Å². The van der Waals surface area contributed by atoms with Crippen molar-refractivity contribution in [3.8, 4) is 39.8 Å². The first-order valence-electron chi connectivity index (χ1n) is 13.6. The van der Waals surface area contributed by atoms with Crippen LogP contribution in [0.25, 0.3) is 22.5 Å². The van der Waals surface area contributed by atoms with Crippen LogP contribution in [0.15, 0.2) is 73.1 Å². The molecule has 1 aliphatic heterocycles. The van der Waals surface area contributed by atoms with Gasteiger partial charge in [-0.05, 0) is 59.7 Å². The summed E-state index contributed by atoms with van der Waals surface area (Å²) in [5, 5.41) is 0. The number of aromatic nitrogens is 2. The fourth-order valence-corrected chi connectivity index (χ4v) is 5.14. The van der Waals surface area contributed by atoms with E-state index in [2.05, 4.69) is 25.8 Å². The van der Waals surface area contributed by atoms with Crippen LogP contribution in [0.2, 0.25) is 0 Å². The summed E-state index contributed by atoms with van der Waals surface area (Å²) >= 11 is 0. The van der Waals surface area contributed by atoms with Crippen molar-refractivity contribution in [3.63, 3.8) is 0 Å². The molecular weight excluding hydrogens is 545 g/mol. The summed E-state index contributed by atoms with van der Waals surface area (Å²) in [5.74, 6) is 1.70. The van der Waals surface area contributed by atoms with Crippen LogP contribution >= 0.6 is 0 Å². The topological polar surface area (TPSA) is 60.0 Å². The van der Waals surface area contributed by atoms with Gasteiger partial charge in [0.2, 0.25) is 5.75 Å². The quantitative estimate of drug-likeness (QED) is 0.235. The van der Waals surface area contributed by atoms with E-state index in [0.29, 0.717) is 28.5 Å². The van der Waals surface area contributed by atoms with E-state index < -0.39 is 11.7 Å². The van der Waals surface area contributed by atoms with E-state index >= 15 is 0 Å². The average molecular weight is 579 g/mol. The van der Waals surface area contributed by atoms with E-state index in [1.54, 1.807) is 27.5 Å². The molecule has 0 radical (unpaired) electrons. The van der Waals surface area contributed by atoms with Crippen molar-refractivity contribution >= 4 is 0 Å². The van der Waals surface area contributed by atoms with Crippen molar-refractivity contribution in [1.82, 2.24) is 19.8 Å². The average Bonchev–Trinajstić information content (AvgIpc) is 3.01. The van der Waals surface area contributed by atoms with Crippen LogP contribution in [0, 0.1) is 0 Å². The Kier molecular flexibility index (Phi) is 8.94. The summed E-state index contributed by atoms with van der Waals surface area (Å²) in [6.07, 6.45) is -0.816. The first-order chi connectivity index (χ1) is 20.3. The first kappa shape index (κ1) is 29.3. The van der Waals surface area contributed by atoms with E-state index in [4.69, 9.17) is 14.2 Å². The molecule has 0 atom stereocenters. The van der Waals surface area contributed by atoms with Crippen molar-refractivity contribution < 1.29 is 27.4 Å². The number of pyridine rings is 2. The van der Waals surface area contributed by atoms with E-state index in [1.165, 1.54) is 12.1 Å². The highest BCUT2D eigenvalue weighted by Crippen LogP contribution is 2.41. The van der Waals surface area contributed by atoms with Gasteiger partial charge in [0, 0.05) is 62.8 Å². The minimum absolute atomic E-state index is 0.542. The highest BCUT2D eigenvalue weighted by Gasteiger charge is 2.30. The molecule has 1 aliphatic rings. The lowest BCUT2D eigenvalue weighted by Crippen LogP contribution is -2.45. The largest absolute Gasteiger partial charge is 0.493 e. The Morgan fingerprint density at radius 2 is 1.12 bits per heavy atom. The van der Waals surface area contributed by atoms with Crippen LogP contribution in [-0.4, -0.2) is 67.3 Å². The number of hydrogen-bond donors (Lipinski definition) is 0. The van der Waals surface area contributed by atoms with Gasteiger partial charge in [0.25, 0.3) is 0 Å². The minimum atomic E-state index is -4.35. The summed E-state index contributed by atoms with van der Waals surface area (Å²) in [5.41, 5.74) is 4.62. The Bertz CT molecular complexity index is 1480. The van der Waals surface area contributed by atoms with Crippen molar-refractivity contribution in [2.75, 3.05) is 47.5 Å². The van der Waals surface area contributed by atoms with E-state index in [0.717, 1.165) is 73.8 Å². The predicted octanol–water partition coefficient (Wildman–Crippen LogP) is 6.17. The number of nitrogens with zero attached hydrogens (tertiary/aromatic N) is 4. The maximum absolute atomic E-state index is 12.9. The molecular formula is C32H33F3N4O3. The van der Waals surface area contributed by atoms with Gasteiger partial charge in [-0.3, -0.25) is 19.8 Å². The van der Waals surface area contributed by atoms with Gasteiger partial charge >= 0.3 is 6.18 Å². The number of benzene rings is 2. The maximum Gasteiger partial charge on any atom is 0.416 e. The molecule has 10 heteroatoms. The smallest absolute Gasteiger partial charge is 0.416 e. The fraction of sp³-hybridized carbons (Fsp3) is 0.312. The third-order valence-electron chi connectivity index (χ3n) is 7.39. The molecule has 4 aromatic rings. The fourth-order valence-electron chi connectivity index (χ4n) is 5.14. The van der Waals surface area contributed by atoms with Crippen molar-refractivity contribution in [3.05, 3.63) is 89.7 Å². The molecule has 0 saturated carbocycles. The van der Waals surface area contributed by atoms with Crippen molar-refractivity contribution in [1.29, 1.82) is 0 Å². The minimum Gasteiger partial charge on any atom is -0.493 e. The van der Waals surface area contributed by atoms with Gasteiger partial charge in [-0.15, -0.1) is 0 Å². The summed E-state index contributed by atoms with van der Waals surface area (Å²) < 4.78 is 55.2. The number of hydrogen-bond acceptors (Lipinski definition) is 7. The zero-order chi connectivity index (χ0) is 29.7. The molecule has 0 aliphatic carbocycles. The van der Waals surface area contributed by atoms with Gasteiger partial charge < -0.3 is 14.2 Å². The molecule has 7 nitrogen and oxygen atoms in total. The zero-order valence-electron chi connectivity index (χ0n) is 23.8. The van der Waals surface area contributed by atoms with Gasteiger partial charge in [0.05, 0.1) is 38.3 Å². The number of piperazine rings is 1. The molecule has 1 saturated heterocycles. The molecule has 0 amide bonds. The van der Waals surface area contributed by atoms with Crippen LogP contribution in [0.5, 0.6) is 17.2 Å². The molecule has 220 valence electrons. The van der Waals surface area contributed by atoms with Crippen molar-refractivity contribution in [2.24, 2.45) is 0 Å². The maximum atomic E-state index is 12.9. The second kappa shape index (κ2) is 12.8. The standard InChI is InChI=1S/C32H33F3N4O3/c1-40-29-18-25(19-30(41-2)31(29)42-3)28-17-23(9-11-37-28)21-39-14-12-38(13-15-39)20-22-8-10-36-27(16-22)24-4-6-26(7-5-24)32(33,34)35/h4-11,16-19H,12-15,20-21H2,1-3H3. The molecule has 5 rings (SSSR count). The van der Waals surface area contributed by atoms with Crippen molar-refractivity contribution in [2.45, 2.75) is 19.3 Å². The third kappa shape index (κ3) is 6.83. The Hall–Kier alpha value is -4.15. The highest BCUT2D eigenvalue weighted by molar-refractivity contribution is 5.69. The van der Waals surface area contributed by atoms with E-state index in [9.17, 15) is 13.2 Å². The molecule has 0 spiro atoms. The van der Waals surface area contributed by atoms with Gasteiger partial charge in [-0.1, -0.05) is 12.1 Å². The van der Waals surface area contributed by atoms with E-state index in [1.807, 2.05) is 36.5 Å². The Morgan fingerprint density at radius 3 is 1.55 bits per heavy atom. The lowest BCUT2D eigenvalue weighted by Gasteiger charge is -2.34. The van der Waals surface area contributed by atoms with E-state index in [-0.39, 0.29) is 0 Å². The Balaban J connectivity index is 1.19.